The zero-order valence-electron chi connectivity index (χ0n) is 16.3. The van der Waals surface area contributed by atoms with E-state index in [2.05, 4.69) is 5.32 Å². The van der Waals surface area contributed by atoms with Crippen molar-refractivity contribution in [1.29, 1.82) is 0 Å². The van der Waals surface area contributed by atoms with E-state index in [0.29, 0.717) is 13.1 Å². The Bertz CT molecular complexity index is 1060. The predicted molar refractivity (Wildman–Crippen MR) is 109 cm³/mol. The van der Waals surface area contributed by atoms with E-state index >= 15 is 0 Å². The van der Waals surface area contributed by atoms with Gasteiger partial charge in [-0.25, -0.2) is 8.42 Å². The smallest absolute Gasteiger partial charge is 0.252 e. The predicted octanol–water partition coefficient (Wildman–Crippen LogP) is 1.98. The number of carbonyl (C=O) groups is 2. The molecule has 2 heterocycles. The zero-order valence-corrected chi connectivity index (χ0v) is 17.2. The highest BCUT2D eigenvalue weighted by Gasteiger charge is 2.42. The van der Waals surface area contributed by atoms with E-state index in [1.807, 2.05) is 24.3 Å². The van der Waals surface area contributed by atoms with Gasteiger partial charge in [-0.15, -0.1) is 0 Å². The second-order valence-corrected chi connectivity index (χ2v) is 10.1. The van der Waals surface area contributed by atoms with Crippen LogP contribution in [0, 0.1) is 0 Å². The molecule has 2 aromatic rings. The number of nitrogens with zero attached hydrogens (tertiary/aromatic N) is 1. The van der Waals surface area contributed by atoms with Crippen molar-refractivity contribution in [3.63, 3.8) is 0 Å². The third-order valence-electron chi connectivity index (χ3n) is 5.93. The van der Waals surface area contributed by atoms with Crippen LogP contribution in [0.3, 0.4) is 0 Å². The molecule has 29 heavy (non-hydrogen) atoms. The van der Waals surface area contributed by atoms with Crippen LogP contribution in [0.15, 0.2) is 53.4 Å². The van der Waals surface area contributed by atoms with Gasteiger partial charge in [0.25, 0.3) is 5.91 Å². The summed E-state index contributed by atoms with van der Waals surface area (Å²) in [4.78, 5) is 27.5. The lowest BCUT2D eigenvalue weighted by Crippen LogP contribution is -2.50. The van der Waals surface area contributed by atoms with Crippen molar-refractivity contribution >= 4 is 21.7 Å². The van der Waals surface area contributed by atoms with Gasteiger partial charge in [0.15, 0.2) is 9.84 Å². The van der Waals surface area contributed by atoms with Crippen LogP contribution in [0.1, 0.15) is 34.3 Å². The number of rotatable bonds is 3. The summed E-state index contributed by atoms with van der Waals surface area (Å²) in [6, 6.07) is 14.1. The lowest BCUT2D eigenvalue weighted by atomic mass is 9.91. The Balaban J connectivity index is 1.43. The first kappa shape index (κ1) is 19.6. The molecule has 1 saturated heterocycles. The quantitative estimate of drug-likeness (QED) is 0.836. The zero-order chi connectivity index (χ0) is 20.6. The van der Waals surface area contributed by atoms with Crippen molar-refractivity contribution in [2.24, 2.45) is 0 Å². The van der Waals surface area contributed by atoms with Gasteiger partial charge in [-0.2, -0.15) is 0 Å². The maximum Gasteiger partial charge on any atom is 0.252 e. The van der Waals surface area contributed by atoms with Crippen molar-refractivity contribution in [3.8, 4) is 0 Å². The first-order chi connectivity index (χ1) is 13.8. The average Bonchev–Trinajstić information content (AvgIpc) is 3.04. The van der Waals surface area contributed by atoms with E-state index in [4.69, 9.17) is 0 Å². The normalized spacial score (nSPS) is 21.6. The summed E-state index contributed by atoms with van der Waals surface area (Å²) in [6.45, 7) is 1.11. The van der Waals surface area contributed by atoms with Crippen LogP contribution in [-0.4, -0.2) is 50.0 Å². The van der Waals surface area contributed by atoms with Gasteiger partial charge in [-0.1, -0.05) is 30.3 Å². The molecule has 2 aromatic carbocycles. The van der Waals surface area contributed by atoms with E-state index in [9.17, 15) is 18.0 Å². The molecule has 0 saturated carbocycles. The highest BCUT2D eigenvalue weighted by Crippen LogP contribution is 2.31. The van der Waals surface area contributed by atoms with Crippen molar-refractivity contribution < 1.29 is 18.0 Å². The maximum atomic E-state index is 12.8. The third kappa shape index (κ3) is 4.05. The van der Waals surface area contributed by atoms with Gasteiger partial charge >= 0.3 is 0 Å². The van der Waals surface area contributed by atoms with Crippen molar-refractivity contribution in [2.75, 3.05) is 19.3 Å². The number of aryl methyl sites for hydroxylation is 1. The van der Waals surface area contributed by atoms with E-state index < -0.39 is 9.84 Å². The molecule has 1 atom stereocenters. The first-order valence-corrected chi connectivity index (χ1v) is 11.6. The Morgan fingerprint density at radius 2 is 1.83 bits per heavy atom. The summed E-state index contributed by atoms with van der Waals surface area (Å²) < 4.78 is 23.1. The van der Waals surface area contributed by atoms with E-state index in [1.165, 1.54) is 12.1 Å². The molecule has 0 bridgehead atoms. The fourth-order valence-corrected chi connectivity index (χ4v) is 4.87. The molecule has 1 N–H and O–H groups in total. The molecule has 2 aliphatic rings. The fraction of sp³-hybridized carbons (Fsp3) is 0.364. The van der Waals surface area contributed by atoms with Crippen molar-refractivity contribution in [2.45, 2.75) is 36.1 Å². The Morgan fingerprint density at radius 1 is 1.10 bits per heavy atom. The Morgan fingerprint density at radius 3 is 2.55 bits per heavy atom. The van der Waals surface area contributed by atoms with Gasteiger partial charge < -0.3 is 10.2 Å². The third-order valence-corrected chi connectivity index (χ3v) is 7.06. The number of likely N-dealkylation sites (tertiary alicyclic amines) is 1. The molecule has 4 rings (SSSR count). The maximum absolute atomic E-state index is 12.8. The molecule has 2 amide bonds. The molecule has 1 fully saturated rings. The molecule has 1 unspecified atom stereocenters. The van der Waals surface area contributed by atoms with Gasteiger partial charge in [-0.3, -0.25) is 9.59 Å². The largest absolute Gasteiger partial charge is 0.345 e. The summed E-state index contributed by atoms with van der Waals surface area (Å²) in [6.07, 6.45) is 3.74. The Kier molecular flexibility index (Phi) is 4.94. The minimum Gasteiger partial charge on any atom is -0.345 e. The number of carbonyl (C=O) groups excluding carboxylic acids is 2. The molecule has 6 nitrogen and oxygen atoms in total. The molecule has 1 spiro atoms. The Hall–Kier alpha value is -2.67. The van der Waals surface area contributed by atoms with Crippen LogP contribution >= 0.6 is 0 Å². The van der Waals surface area contributed by atoms with Crippen LogP contribution < -0.4 is 5.32 Å². The van der Waals surface area contributed by atoms with Gasteiger partial charge in [0.05, 0.1) is 16.9 Å². The molecule has 2 aliphatic heterocycles. The number of amides is 2. The van der Waals surface area contributed by atoms with E-state index in [1.54, 1.807) is 17.0 Å². The second kappa shape index (κ2) is 7.30. The number of sulfone groups is 1. The molecule has 7 heteroatoms. The highest BCUT2D eigenvalue weighted by atomic mass is 32.2. The van der Waals surface area contributed by atoms with Gasteiger partial charge in [0, 0.05) is 24.9 Å². The van der Waals surface area contributed by atoms with E-state index in [0.717, 1.165) is 42.2 Å². The molecular formula is C22H24N2O4S. The molecule has 0 aromatic heterocycles. The number of fused-ring (bicyclic) bond motifs is 1. The van der Waals surface area contributed by atoms with Crippen molar-refractivity contribution in [1.82, 2.24) is 10.2 Å². The standard InChI is InChI=1S/C22H24N2O4S/c1-29(27,28)18-8-6-16(7-9-18)14-20(25)24-13-12-22(15-24)11-10-17-4-2-3-5-19(17)21(26)23-22/h2-9H,10-15H2,1H3,(H,23,26). The molecule has 0 radical (unpaired) electrons. The summed E-state index contributed by atoms with van der Waals surface area (Å²) >= 11 is 0. The highest BCUT2D eigenvalue weighted by molar-refractivity contribution is 7.90. The Labute approximate surface area is 170 Å². The van der Waals surface area contributed by atoms with Gasteiger partial charge in [0.1, 0.15) is 0 Å². The summed E-state index contributed by atoms with van der Waals surface area (Å²) in [5.74, 6) is -0.0752. The molecule has 152 valence electrons. The lowest BCUT2D eigenvalue weighted by molar-refractivity contribution is -0.129. The average molecular weight is 413 g/mol. The number of benzene rings is 2. The number of hydrogen-bond donors (Lipinski definition) is 1. The van der Waals surface area contributed by atoms with Crippen LogP contribution in [-0.2, 0) is 27.5 Å². The van der Waals surface area contributed by atoms with Crippen LogP contribution in [0.5, 0.6) is 0 Å². The molecular weight excluding hydrogens is 388 g/mol. The second-order valence-electron chi connectivity index (χ2n) is 8.05. The number of hydrogen-bond acceptors (Lipinski definition) is 4. The molecule has 0 aliphatic carbocycles. The minimum absolute atomic E-state index is 0.00927. The van der Waals surface area contributed by atoms with Crippen LogP contribution in [0.25, 0.3) is 0 Å². The fourth-order valence-electron chi connectivity index (χ4n) is 4.24. The SMILES string of the molecule is CS(=O)(=O)c1ccc(CC(=O)N2CCC3(CCc4ccccc4C(=O)N3)C2)cc1. The topological polar surface area (TPSA) is 83.6 Å². The minimum atomic E-state index is -3.25. The summed E-state index contributed by atoms with van der Waals surface area (Å²) in [5.41, 5.74) is 2.17. The monoisotopic (exact) mass is 412 g/mol. The first-order valence-electron chi connectivity index (χ1n) is 9.73. The van der Waals surface area contributed by atoms with Gasteiger partial charge in [0.2, 0.25) is 5.91 Å². The van der Waals surface area contributed by atoms with Gasteiger partial charge in [-0.05, 0) is 48.6 Å². The summed E-state index contributed by atoms with van der Waals surface area (Å²) in [5, 5.41) is 3.18. The van der Waals surface area contributed by atoms with Crippen LogP contribution in [0.2, 0.25) is 0 Å². The van der Waals surface area contributed by atoms with E-state index in [-0.39, 0.29) is 28.7 Å². The van der Waals surface area contributed by atoms with Crippen molar-refractivity contribution in [3.05, 3.63) is 65.2 Å². The lowest BCUT2D eigenvalue weighted by Gasteiger charge is -2.29. The van der Waals surface area contributed by atoms with Crippen LogP contribution in [0.4, 0.5) is 0 Å². The number of nitrogens with one attached hydrogen (secondary N) is 1. The summed E-state index contributed by atoms with van der Waals surface area (Å²) in [7, 11) is -3.25.